The highest BCUT2D eigenvalue weighted by Gasteiger charge is 2.21. The normalized spacial score (nSPS) is 12.2. The van der Waals surface area contributed by atoms with Crippen LogP contribution >= 0.6 is 11.3 Å². The highest BCUT2D eigenvalue weighted by molar-refractivity contribution is 7.10. The highest BCUT2D eigenvalue weighted by Crippen LogP contribution is 2.26. The first-order chi connectivity index (χ1) is 12.1. The summed E-state index contributed by atoms with van der Waals surface area (Å²) in [5, 5.41) is 8.95. The van der Waals surface area contributed by atoms with Gasteiger partial charge in [0.25, 0.3) is 0 Å². The Morgan fingerprint density at radius 2 is 1.88 bits per heavy atom. The topological polar surface area (TPSA) is 45.7 Å². The van der Waals surface area contributed by atoms with Gasteiger partial charge in [-0.15, -0.1) is 11.3 Å². The van der Waals surface area contributed by atoms with Gasteiger partial charge in [-0.25, -0.2) is 4.99 Å². The second kappa shape index (κ2) is 9.59. The van der Waals surface area contributed by atoms with Gasteiger partial charge < -0.3 is 15.4 Å². The molecule has 4 nitrogen and oxygen atoms in total. The SMILES string of the molecule is CCNC(=NCc1ccccc1COC)NCC(C)(C)c1cccs1. The first kappa shape index (κ1) is 19.5. The average Bonchev–Trinajstić information content (AvgIpc) is 3.14. The number of nitrogens with one attached hydrogen (secondary N) is 2. The molecule has 0 fully saturated rings. The van der Waals surface area contributed by atoms with Gasteiger partial charge in [-0.3, -0.25) is 0 Å². The zero-order chi connectivity index (χ0) is 18.1. The number of hydrogen-bond acceptors (Lipinski definition) is 3. The molecule has 25 heavy (non-hydrogen) atoms. The lowest BCUT2D eigenvalue weighted by Crippen LogP contribution is -2.43. The number of benzene rings is 1. The molecule has 0 saturated carbocycles. The lowest BCUT2D eigenvalue weighted by Gasteiger charge is -2.25. The first-order valence-corrected chi connectivity index (χ1v) is 9.56. The summed E-state index contributed by atoms with van der Waals surface area (Å²) in [6, 6.07) is 12.6. The molecule has 0 aliphatic heterocycles. The van der Waals surface area contributed by atoms with Crippen molar-refractivity contribution in [1.29, 1.82) is 0 Å². The van der Waals surface area contributed by atoms with E-state index in [0.29, 0.717) is 13.2 Å². The van der Waals surface area contributed by atoms with Gasteiger partial charge in [-0.2, -0.15) is 0 Å². The van der Waals surface area contributed by atoms with E-state index in [0.717, 1.165) is 19.0 Å². The third-order valence-electron chi connectivity index (χ3n) is 4.06. The second-order valence-electron chi connectivity index (χ2n) is 6.61. The standard InChI is InChI=1S/C20H29N3OS/c1-5-21-19(23-15-20(2,3)18-11-8-12-25-18)22-13-16-9-6-7-10-17(16)14-24-4/h6-12H,5,13-15H2,1-4H3,(H2,21,22,23). The van der Waals surface area contributed by atoms with Crippen molar-refractivity contribution in [2.75, 3.05) is 20.2 Å². The fourth-order valence-corrected chi connectivity index (χ4v) is 3.42. The van der Waals surface area contributed by atoms with Crippen molar-refractivity contribution in [2.45, 2.75) is 39.3 Å². The van der Waals surface area contributed by atoms with Crippen LogP contribution in [-0.2, 0) is 23.3 Å². The van der Waals surface area contributed by atoms with Gasteiger partial charge in [0.1, 0.15) is 0 Å². The average molecular weight is 360 g/mol. The van der Waals surface area contributed by atoms with Gasteiger partial charge in [0.15, 0.2) is 5.96 Å². The van der Waals surface area contributed by atoms with Crippen molar-refractivity contribution >= 4 is 17.3 Å². The Kier molecular flexibility index (Phi) is 7.47. The van der Waals surface area contributed by atoms with Crippen LogP contribution in [0.3, 0.4) is 0 Å². The number of guanidine groups is 1. The maximum absolute atomic E-state index is 5.28. The number of aliphatic imine (C=N–C) groups is 1. The van der Waals surface area contributed by atoms with Gasteiger partial charge in [0, 0.05) is 30.5 Å². The number of ether oxygens (including phenoxy) is 1. The summed E-state index contributed by atoms with van der Waals surface area (Å²) in [6.07, 6.45) is 0. The Bertz CT molecular complexity index is 665. The smallest absolute Gasteiger partial charge is 0.191 e. The Hall–Kier alpha value is -1.85. The van der Waals surface area contributed by atoms with Crippen LogP contribution in [0.1, 0.15) is 36.8 Å². The molecule has 0 saturated heterocycles. The predicted molar refractivity (Wildman–Crippen MR) is 107 cm³/mol. The summed E-state index contributed by atoms with van der Waals surface area (Å²) in [6.45, 7) is 9.51. The number of hydrogen-bond donors (Lipinski definition) is 2. The van der Waals surface area contributed by atoms with Crippen molar-refractivity contribution in [1.82, 2.24) is 10.6 Å². The van der Waals surface area contributed by atoms with E-state index in [4.69, 9.17) is 9.73 Å². The Balaban J connectivity index is 2.03. The molecule has 136 valence electrons. The van der Waals surface area contributed by atoms with Crippen molar-refractivity contribution in [2.24, 2.45) is 4.99 Å². The fraction of sp³-hybridized carbons (Fsp3) is 0.450. The molecule has 2 rings (SSSR count). The van der Waals surface area contributed by atoms with Crippen molar-refractivity contribution < 1.29 is 4.74 Å². The molecular weight excluding hydrogens is 330 g/mol. The summed E-state index contributed by atoms with van der Waals surface area (Å²) < 4.78 is 5.28. The van der Waals surface area contributed by atoms with Gasteiger partial charge in [-0.1, -0.05) is 44.2 Å². The van der Waals surface area contributed by atoms with E-state index in [1.807, 2.05) is 12.1 Å². The highest BCUT2D eigenvalue weighted by atomic mass is 32.1. The third-order valence-corrected chi connectivity index (χ3v) is 5.29. The third kappa shape index (κ3) is 5.87. The number of methoxy groups -OCH3 is 1. The quantitative estimate of drug-likeness (QED) is 0.554. The molecule has 2 N–H and O–H groups in total. The zero-order valence-electron chi connectivity index (χ0n) is 15.6. The maximum Gasteiger partial charge on any atom is 0.191 e. The molecule has 0 unspecified atom stereocenters. The van der Waals surface area contributed by atoms with E-state index >= 15 is 0 Å². The van der Waals surface area contributed by atoms with Crippen LogP contribution < -0.4 is 10.6 Å². The minimum absolute atomic E-state index is 0.0678. The fourth-order valence-electron chi connectivity index (χ4n) is 2.57. The first-order valence-electron chi connectivity index (χ1n) is 8.68. The minimum Gasteiger partial charge on any atom is -0.380 e. The summed E-state index contributed by atoms with van der Waals surface area (Å²) >= 11 is 1.80. The van der Waals surface area contributed by atoms with E-state index in [9.17, 15) is 0 Å². The molecule has 1 aromatic heterocycles. The summed E-state index contributed by atoms with van der Waals surface area (Å²) in [5.41, 5.74) is 2.45. The maximum atomic E-state index is 5.28. The Morgan fingerprint density at radius 1 is 1.12 bits per heavy atom. The van der Waals surface area contributed by atoms with Crippen LogP contribution in [0.25, 0.3) is 0 Å². The lowest BCUT2D eigenvalue weighted by atomic mass is 9.91. The molecule has 0 amide bonds. The molecule has 0 atom stereocenters. The molecule has 0 radical (unpaired) electrons. The monoisotopic (exact) mass is 359 g/mol. The Labute approximate surface area is 155 Å². The second-order valence-corrected chi connectivity index (χ2v) is 7.56. The van der Waals surface area contributed by atoms with E-state index in [1.165, 1.54) is 16.0 Å². The molecular formula is C20H29N3OS. The molecule has 5 heteroatoms. The summed E-state index contributed by atoms with van der Waals surface area (Å²) in [4.78, 5) is 6.13. The van der Waals surface area contributed by atoms with Crippen LogP contribution in [0.2, 0.25) is 0 Å². The van der Waals surface area contributed by atoms with E-state index in [1.54, 1.807) is 18.4 Å². The molecule has 1 aromatic carbocycles. The lowest BCUT2D eigenvalue weighted by molar-refractivity contribution is 0.184. The molecule has 0 bridgehead atoms. The van der Waals surface area contributed by atoms with E-state index in [2.05, 4.69) is 61.1 Å². The van der Waals surface area contributed by atoms with Gasteiger partial charge in [0.2, 0.25) is 0 Å². The molecule has 0 spiro atoms. The zero-order valence-corrected chi connectivity index (χ0v) is 16.5. The van der Waals surface area contributed by atoms with Crippen LogP contribution in [0.4, 0.5) is 0 Å². The van der Waals surface area contributed by atoms with E-state index < -0.39 is 0 Å². The molecule has 1 heterocycles. The van der Waals surface area contributed by atoms with Crippen LogP contribution in [-0.4, -0.2) is 26.2 Å². The van der Waals surface area contributed by atoms with E-state index in [-0.39, 0.29) is 5.41 Å². The predicted octanol–water partition coefficient (Wildman–Crippen LogP) is 3.93. The van der Waals surface area contributed by atoms with Crippen LogP contribution in [0.5, 0.6) is 0 Å². The minimum atomic E-state index is 0.0678. The van der Waals surface area contributed by atoms with Crippen molar-refractivity contribution in [3.8, 4) is 0 Å². The van der Waals surface area contributed by atoms with Crippen molar-refractivity contribution in [3.63, 3.8) is 0 Å². The van der Waals surface area contributed by atoms with Gasteiger partial charge in [-0.05, 0) is 29.5 Å². The molecule has 0 aliphatic carbocycles. The summed E-state index contributed by atoms with van der Waals surface area (Å²) in [7, 11) is 1.72. The number of nitrogens with zero attached hydrogens (tertiary/aromatic N) is 1. The van der Waals surface area contributed by atoms with Gasteiger partial charge in [0.05, 0.1) is 13.2 Å². The van der Waals surface area contributed by atoms with Crippen molar-refractivity contribution in [3.05, 3.63) is 57.8 Å². The van der Waals surface area contributed by atoms with Gasteiger partial charge >= 0.3 is 0 Å². The largest absolute Gasteiger partial charge is 0.380 e. The van der Waals surface area contributed by atoms with Crippen LogP contribution in [0, 0.1) is 0 Å². The Morgan fingerprint density at radius 3 is 2.52 bits per heavy atom. The number of rotatable bonds is 8. The van der Waals surface area contributed by atoms with Crippen LogP contribution in [0.15, 0.2) is 46.8 Å². The summed E-state index contributed by atoms with van der Waals surface area (Å²) in [5.74, 6) is 0.847. The molecule has 0 aliphatic rings. The molecule has 2 aromatic rings. The number of thiophene rings is 1.